The van der Waals surface area contributed by atoms with Crippen molar-refractivity contribution in [2.75, 3.05) is 12.4 Å². The predicted molar refractivity (Wildman–Crippen MR) is 70.4 cm³/mol. The van der Waals surface area contributed by atoms with Gasteiger partial charge in [0.2, 0.25) is 0 Å². The van der Waals surface area contributed by atoms with Crippen molar-refractivity contribution in [3.63, 3.8) is 0 Å². The molecule has 0 radical (unpaired) electrons. The first-order valence-corrected chi connectivity index (χ1v) is 5.86. The summed E-state index contributed by atoms with van der Waals surface area (Å²) in [6, 6.07) is 6.69. The largest absolute Gasteiger partial charge is 0.371 e. The first-order valence-electron chi connectivity index (χ1n) is 5.86. The molecule has 19 heavy (non-hydrogen) atoms. The number of hydrogen-bond acceptors (Lipinski definition) is 4. The average Bonchev–Trinajstić information content (AvgIpc) is 2.85. The van der Waals surface area contributed by atoms with Crippen LogP contribution in [0.25, 0.3) is 11.2 Å². The van der Waals surface area contributed by atoms with Gasteiger partial charge in [-0.05, 0) is 6.07 Å². The molecule has 1 aromatic carbocycles. The maximum atomic E-state index is 13.7. The lowest BCUT2D eigenvalue weighted by atomic mass is 10.2. The molecular formula is C13H12FN5. The summed E-state index contributed by atoms with van der Waals surface area (Å²) in [7, 11) is 1.78. The first-order chi connectivity index (χ1) is 9.29. The van der Waals surface area contributed by atoms with Gasteiger partial charge >= 0.3 is 0 Å². The Kier molecular flexibility index (Phi) is 2.83. The minimum atomic E-state index is -0.229. The molecule has 0 saturated carbocycles. The van der Waals surface area contributed by atoms with Gasteiger partial charge in [0.1, 0.15) is 17.7 Å². The second-order valence-electron chi connectivity index (χ2n) is 4.11. The van der Waals surface area contributed by atoms with Crippen LogP contribution in [0.2, 0.25) is 0 Å². The van der Waals surface area contributed by atoms with Crippen molar-refractivity contribution in [3.8, 4) is 0 Å². The van der Waals surface area contributed by atoms with E-state index in [4.69, 9.17) is 0 Å². The number of rotatable bonds is 3. The predicted octanol–water partition coefficient (Wildman–Crippen LogP) is 2.06. The van der Waals surface area contributed by atoms with E-state index < -0.39 is 0 Å². The molecule has 0 fully saturated rings. The molecule has 2 heterocycles. The summed E-state index contributed by atoms with van der Waals surface area (Å²) in [6.07, 6.45) is 3.10. The number of anilines is 1. The van der Waals surface area contributed by atoms with Crippen LogP contribution in [0, 0.1) is 5.82 Å². The molecule has 5 nitrogen and oxygen atoms in total. The zero-order valence-electron chi connectivity index (χ0n) is 10.3. The van der Waals surface area contributed by atoms with E-state index in [1.54, 1.807) is 25.5 Å². The van der Waals surface area contributed by atoms with E-state index in [1.807, 2.05) is 10.6 Å². The number of benzene rings is 1. The summed E-state index contributed by atoms with van der Waals surface area (Å²) in [4.78, 5) is 12.4. The first kappa shape index (κ1) is 11.6. The molecular weight excluding hydrogens is 245 g/mol. The molecule has 0 bridgehead atoms. The lowest BCUT2D eigenvalue weighted by Gasteiger charge is -2.07. The van der Waals surface area contributed by atoms with Crippen molar-refractivity contribution in [2.24, 2.45) is 0 Å². The monoisotopic (exact) mass is 257 g/mol. The Labute approximate surface area is 109 Å². The fraction of sp³-hybridized carbons (Fsp3) is 0.154. The van der Waals surface area contributed by atoms with E-state index >= 15 is 0 Å². The topological polar surface area (TPSA) is 55.6 Å². The van der Waals surface area contributed by atoms with E-state index in [0.717, 1.165) is 5.52 Å². The van der Waals surface area contributed by atoms with Crippen LogP contribution in [-0.2, 0) is 6.54 Å². The number of imidazole rings is 1. The minimum Gasteiger partial charge on any atom is -0.371 e. The van der Waals surface area contributed by atoms with Gasteiger partial charge in [0.05, 0.1) is 12.9 Å². The zero-order valence-corrected chi connectivity index (χ0v) is 10.3. The van der Waals surface area contributed by atoms with Gasteiger partial charge in [-0.3, -0.25) is 0 Å². The van der Waals surface area contributed by atoms with Crippen molar-refractivity contribution in [1.29, 1.82) is 0 Å². The molecule has 96 valence electrons. The lowest BCUT2D eigenvalue weighted by molar-refractivity contribution is 0.601. The van der Waals surface area contributed by atoms with Gasteiger partial charge in [-0.15, -0.1) is 0 Å². The molecule has 0 aliphatic rings. The lowest BCUT2D eigenvalue weighted by Crippen LogP contribution is -2.03. The van der Waals surface area contributed by atoms with Crippen LogP contribution in [0.5, 0.6) is 0 Å². The fourth-order valence-electron chi connectivity index (χ4n) is 2.02. The van der Waals surface area contributed by atoms with Gasteiger partial charge in [-0.25, -0.2) is 19.3 Å². The number of hydrogen-bond donors (Lipinski definition) is 1. The van der Waals surface area contributed by atoms with Gasteiger partial charge < -0.3 is 9.88 Å². The molecule has 0 saturated heterocycles. The maximum Gasteiger partial charge on any atom is 0.182 e. The van der Waals surface area contributed by atoms with Crippen molar-refractivity contribution < 1.29 is 4.39 Å². The Balaban J connectivity index is 2.09. The second kappa shape index (κ2) is 4.64. The summed E-state index contributed by atoms with van der Waals surface area (Å²) in [5.74, 6) is 0.450. The van der Waals surface area contributed by atoms with Crippen LogP contribution in [0.3, 0.4) is 0 Å². The summed E-state index contributed by atoms with van der Waals surface area (Å²) in [5, 5.41) is 2.99. The third kappa shape index (κ3) is 2.01. The standard InChI is InChI=1S/C13H12FN5/c1-15-12-11-13(17-7-16-12)18-8-19(11)6-9-4-2-3-5-10(9)14/h2-5,7-8H,6H2,1H3,(H,15,16,17). The van der Waals surface area contributed by atoms with E-state index in [1.165, 1.54) is 12.4 Å². The van der Waals surface area contributed by atoms with E-state index in [0.29, 0.717) is 23.6 Å². The van der Waals surface area contributed by atoms with Gasteiger partial charge in [0.25, 0.3) is 0 Å². The molecule has 0 spiro atoms. The molecule has 2 aromatic heterocycles. The number of fused-ring (bicyclic) bond motifs is 1. The highest BCUT2D eigenvalue weighted by molar-refractivity contribution is 5.82. The average molecular weight is 257 g/mol. The minimum absolute atomic E-state index is 0.229. The van der Waals surface area contributed by atoms with Crippen LogP contribution in [-0.4, -0.2) is 26.6 Å². The fourth-order valence-corrected chi connectivity index (χ4v) is 2.02. The van der Waals surface area contributed by atoms with Crippen molar-refractivity contribution >= 4 is 17.0 Å². The van der Waals surface area contributed by atoms with Crippen LogP contribution < -0.4 is 5.32 Å². The smallest absolute Gasteiger partial charge is 0.182 e. The van der Waals surface area contributed by atoms with E-state index in [-0.39, 0.29) is 5.82 Å². The Bertz CT molecular complexity index is 722. The summed E-state index contributed by atoms with van der Waals surface area (Å²) < 4.78 is 15.5. The van der Waals surface area contributed by atoms with Crippen LogP contribution in [0.15, 0.2) is 36.9 Å². The third-order valence-corrected chi connectivity index (χ3v) is 2.94. The second-order valence-corrected chi connectivity index (χ2v) is 4.11. The molecule has 0 aliphatic carbocycles. The summed E-state index contributed by atoms with van der Waals surface area (Å²) >= 11 is 0. The van der Waals surface area contributed by atoms with Crippen molar-refractivity contribution in [1.82, 2.24) is 19.5 Å². The molecule has 1 N–H and O–H groups in total. The summed E-state index contributed by atoms with van der Waals surface area (Å²) in [6.45, 7) is 0.394. The van der Waals surface area contributed by atoms with Gasteiger partial charge in [-0.2, -0.15) is 0 Å². The van der Waals surface area contributed by atoms with Crippen LogP contribution in [0.1, 0.15) is 5.56 Å². The Morgan fingerprint density at radius 1 is 1.21 bits per heavy atom. The highest BCUT2D eigenvalue weighted by Crippen LogP contribution is 2.19. The molecule has 3 aromatic rings. The molecule has 3 rings (SSSR count). The number of nitrogens with one attached hydrogen (secondary N) is 1. The quantitative estimate of drug-likeness (QED) is 0.780. The maximum absolute atomic E-state index is 13.7. The van der Waals surface area contributed by atoms with Gasteiger partial charge in [0.15, 0.2) is 11.5 Å². The molecule has 0 unspecified atom stereocenters. The van der Waals surface area contributed by atoms with Crippen molar-refractivity contribution in [3.05, 3.63) is 48.3 Å². The highest BCUT2D eigenvalue weighted by Gasteiger charge is 2.11. The third-order valence-electron chi connectivity index (χ3n) is 2.94. The summed E-state index contributed by atoms with van der Waals surface area (Å²) in [5.41, 5.74) is 1.97. The molecule has 0 amide bonds. The van der Waals surface area contributed by atoms with Crippen LogP contribution >= 0.6 is 0 Å². The van der Waals surface area contributed by atoms with E-state index in [2.05, 4.69) is 20.3 Å². The van der Waals surface area contributed by atoms with E-state index in [9.17, 15) is 4.39 Å². The normalized spacial score (nSPS) is 10.8. The van der Waals surface area contributed by atoms with Crippen molar-refractivity contribution in [2.45, 2.75) is 6.54 Å². The zero-order chi connectivity index (χ0) is 13.2. The Morgan fingerprint density at radius 2 is 2.05 bits per heavy atom. The Hall–Kier alpha value is -2.50. The highest BCUT2D eigenvalue weighted by atomic mass is 19.1. The molecule has 0 aliphatic heterocycles. The van der Waals surface area contributed by atoms with Gasteiger partial charge in [-0.1, -0.05) is 18.2 Å². The number of nitrogens with zero attached hydrogens (tertiary/aromatic N) is 4. The molecule has 0 atom stereocenters. The SMILES string of the molecule is CNc1ncnc2ncn(Cc3ccccc3F)c12. The van der Waals surface area contributed by atoms with Crippen LogP contribution in [0.4, 0.5) is 10.2 Å². The Morgan fingerprint density at radius 3 is 2.84 bits per heavy atom. The number of halogens is 1. The number of aromatic nitrogens is 4. The van der Waals surface area contributed by atoms with Gasteiger partial charge in [0, 0.05) is 12.6 Å². The molecule has 6 heteroatoms.